The Hall–Kier alpha value is -2.44. The molecule has 1 aliphatic rings. The zero-order chi connectivity index (χ0) is 17.9. The third kappa shape index (κ3) is 4.10. The zero-order valence-corrected chi connectivity index (χ0v) is 13.7. The van der Waals surface area contributed by atoms with Gasteiger partial charge in [0.05, 0.1) is 0 Å². The summed E-state index contributed by atoms with van der Waals surface area (Å²) in [4.78, 5) is 37.4. The number of anilines is 1. The lowest BCUT2D eigenvalue weighted by Gasteiger charge is -2.19. The standard InChI is InChI=1S/C17H21FN2O4/c1-10(2)9-14(17(23)24)19-15(21)13-7-8-20(16(13)22)12-5-3-11(18)4-6-12/h3-6,10,13-14H,7-9H2,1-2H3,(H,19,21)(H,23,24). The van der Waals surface area contributed by atoms with Crippen molar-refractivity contribution in [3.63, 3.8) is 0 Å². The van der Waals surface area contributed by atoms with Crippen LogP contribution in [0.15, 0.2) is 24.3 Å². The van der Waals surface area contributed by atoms with Crippen molar-refractivity contribution >= 4 is 23.5 Å². The van der Waals surface area contributed by atoms with E-state index in [1.165, 1.54) is 29.2 Å². The summed E-state index contributed by atoms with van der Waals surface area (Å²) >= 11 is 0. The fourth-order valence-corrected chi connectivity index (χ4v) is 2.77. The number of benzene rings is 1. The van der Waals surface area contributed by atoms with Gasteiger partial charge in [-0.05, 0) is 43.0 Å². The first kappa shape index (κ1) is 17.9. The molecule has 2 atom stereocenters. The van der Waals surface area contributed by atoms with Gasteiger partial charge in [0.25, 0.3) is 0 Å². The third-order valence-corrected chi connectivity index (χ3v) is 3.98. The van der Waals surface area contributed by atoms with Crippen LogP contribution in [0.5, 0.6) is 0 Å². The van der Waals surface area contributed by atoms with E-state index in [0.717, 1.165) is 0 Å². The van der Waals surface area contributed by atoms with Crippen molar-refractivity contribution in [2.45, 2.75) is 32.7 Å². The van der Waals surface area contributed by atoms with Crippen LogP contribution in [0.2, 0.25) is 0 Å². The highest BCUT2D eigenvalue weighted by Crippen LogP contribution is 2.25. The first-order valence-corrected chi connectivity index (χ1v) is 7.89. The highest BCUT2D eigenvalue weighted by molar-refractivity contribution is 6.10. The summed E-state index contributed by atoms with van der Waals surface area (Å²) in [6, 6.07) is 4.45. The van der Waals surface area contributed by atoms with Crippen LogP contribution < -0.4 is 10.2 Å². The summed E-state index contributed by atoms with van der Waals surface area (Å²) < 4.78 is 13.0. The van der Waals surface area contributed by atoms with E-state index in [2.05, 4.69) is 5.32 Å². The van der Waals surface area contributed by atoms with E-state index < -0.39 is 35.6 Å². The minimum atomic E-state index is -1.11. The number of carbonyl (C=O) groups excluding carboxylic acids is 2. The van der Waals surface area contributed by atoms with Gasteiger partial charge in [-0.3, -0.25) is 9.59 Å². The minimum Gasteiger partial charge on any atom is -0.480 e. The Morgan fingerprint density at radius 2 is 1.96 bits per heavy atom. The van der Waals surface area contributed by atoms with E-state index in [4.69, 9.17) is 0 Å². The van der Waals surface area contributed by atoms with E-state index in [1.807, 2.05) is 13.8 Å². The molecule has 7 heteroatoms. The molecule has 2 unspecified atom stereocenters. The third-order valence-electron chi connectivity index (χ3n) is 3.98. The van der Waals surface area contributed by atoms with Gasteiger partial charge in [-0.1, -0.05) is 13.8 Å². The molecule has 1 aromatic carbocycles. The minimum absolute atomic E-state index is 0.0985. The van der Waals surface area contributed by atoms with Crippen LogP contribution in [0.25, 0.3) is 0 Å². The highest BCUT2D eigenvalue weighted by atomic mass is 19.1. The van der Waals surface area contributed by atoms with Gasteiger partial charge in [-0.2, -0.15) is 0 Å². The van der Waals surface area contributed by atoms with Crippen molar-refractivity contribution in [2.75, 3.05) is 11.4 Å². The van der Waals surface area contributed by atoms with Gasteiger partial charge in [0.2, 0.25) is 11.8 Å². The molecular formula is C17H21FN2O4. The van der Waals surface area contributed by atoms with E-state index in [-0.39, 0.29) is 5.92 Å². The zero-order valence-electron chi connectivity index (χ0n) is 13.7. The molecule has 130 valence electrons. The number of nitrogens with zero attached hydrogens (tertiary/aromatic N) is 1. The molecule has 1 saturated heterocycles. The van der Waals surface area contributed by atoms with Gasteiger partial charge in [-0.25, -0.2) is 9.18 Å². The van der Waals surface area contributed by atoms with Crippen molar-refractivity contribution < 1.29 is 23.9 Å². The first-order valence-electron chi connectivity index (χ1n) is 7.89. The predicted molar refractivity (Wildman–Crippen MR) is 85.9 cm³/mol. The number of aliphatic carboxylic acids is 1. The van der Waals surface area contributed by atoms with Crippen LogP contribution in [0.3, 0.4) is 0 Å². The van der Waals surface area contributed by atoms with E-state index in [0.29, 0.717) is 25.1 Å². The van der Waals surface area contributed by atoms with Gasteiger partial charge in [0.1, 0.15) is 17.8 Å². The van der Waals surface area contributed by atoms with Crippen LogP contribution in [-0.2, 0) is 14.4 Å². The number of hydrogen-bond acceptors (Lipinski definition) is 3. The van der Waals surface area contributed by atoms with Crippen molar-refractivity contribution in [2.24, 2.45) is 11.8 Å². The molecular weight excluding hydrogens is 315 g/mol. The van der Waals surface area contributed by atoms with Gasteiger partial charge in [-0.15, -0.1) is 0 Å². The fourth-order valence-electron chi connectivity index (χ4n) is 2.77. The lowest BCUT2D eigenvalue weighted by atomic mass is 10.0. The summed E-state index contributed by atoms with van der Waals surface area (Å²) in [5.74, 6) is -3.30. The number of hydrogen-bond donors (Lipinski definition) is 2. The molecule has 2 N–H and O–H groups in total. The van der Waals surface area contributed by atoms with E-state index in [9.17, 15) is 23.9 Å². The molecule has 6 nitrogen and oxygen atoms in total. The number of carboxylic acid groups (broad SMARTS) is 1. The Bertz CT molecular complexity index is 630. The molecule has 0 bridgehead atoms. The maximum absolute atomic E-state index is 13.0. The summed E-state index contributed by atoms with van der Waals surface area (Å²) in [6.45, 7) is 4.06. The Morgan fingerprint density at radius 1 is 1.33 bits per heavy atom. The lowest BCUT2D eigenvalue weighted by molar-refractivity contribution is -0.144. The monoisotopic (exact) mass is 336 g/mol. The Kier molecular flexibility index (Phi) is 5.54. The second-order valence-electron chi connectivity index (χ2n) is 6.34. The van der Waals surface area contributed by atoms with Crippen molar-refractivity contribution in [3.05, 3.63) is 30.1 Å². The average molecular weight is 336 g/mol. The van der Waals surface area contributed by atoms with Gasteiger partial charge in [0, 0.05) is 12.2 Å². The second kappa shape index (κ2) is 7.42. The molecule has 1 heterocycles. The summed E-state index contributed by atoms with van der Waals surface area (Å²) in [5.41, 5.74) is 0.522. The number of carboxylic acids is 1. The summed E-state index contributed by atoms with van der Waals surface area (Å²) in [6.07, 6.45) is 0.597. The molecule has 2 amide bonds. The molecule has 1 fully saturated rings. The van der Waals surface area contributed by atoms with Crippen molar-refractivity contribution in [1.82, 2.24) is 5.32 Å². The fraction of sp³-hybridized carbons (Fsp3) is 0.471. The number of carbonyl (C=O) groups is 3. The summed E-state index contributed by atoms with van der Waals surface area (Å²) in [7, 11) is 0. The number of amides is 2. The molecule has 1 aromatic rings. The number of nitrogens with one attached hydrogen (secondary N) is 1. The molecule has 2 rings (SSSR count). The Labute approximate surface area is 139 Å². The average Bonchev–Trinajstić information content (AvgIpc) is 2.88. The van der Waals surface area contributed by atoms with E-state index in [1.54, 1.807) is 0 Å². The van der Waals surface area contributed by atoms with Crippen LogP contribution >= 0.6 is 0 Å². The first-order chi connectivity index (χ1) is 11.3. The smallest absolute Gasteiger partial charge is 0.326 e. The molecule has 0 spiro atoms. The Morgan fingerprint density at radius 3 is 2.50 bits per heavy atom. The molecule has 0 aliphatic carbocycles. The topological polar surface area (TPSA) is 86.7 Å². The van der Waals surface area contributed by atoms with Crippen molar-refractivity contribution in [3.8, 4) is 0 Å². The maximum atomic E-state index is 13.0. The predicted octanol–water partition coefficient (Wildman–Crippen LogP) is 1.79. The second-order valence-corrected chi connectivity index (χ2v) is 6.34. The molecule has 0 radical (unpaired) electrons. The molecule has 0 aromatic heterocycles. The van der Waals surface area contributed by atoms with E-state index >= 15 is 0 Å². The highest BCUT2D eigenvalue weighted by Gasteiger charge is 2.39. The van der Waals surface area contributed by atoms with Crippen LogP contribution in [0.1, 0.15) is 26.7 Å². The van der Waals surface area contributed by atoms with Gasteiger partial charge >= 0.3 is 5.97 Å². The van der Waals surface area contributed by atoms with Crippen LogP contribution in [0, 0.1) is 17.7 Å². The van der Waals surface area contributed by atoms with Gasteiger partial charge < -0.3 is 15.3 Å². The maximum Gasteiger partial charge on any atom is 0.326 e. The Balaban J connectivity index is 2.04. The molecule has 0 saturated carbocycles. The molecule has 1 aliphatic heterocycles. The van der Waals surface area contributed by atoms with Crippen LogP contribution in [0.4, 0.5) is 10.1 Å². The van der Waals surface area contributed by atoms with Crippen LogP contribution in [-0.4, -0.2) is 35.5 Å². The number of rotatable bonds is 6. The SMILES string of the molecule is CC(C)CC(NC(=O)C1CCN(c2ccc(F)cc2)C1=O)C(=O)O. The quantitative estimate of drug-likeness (QED) is 0.776. The van der Waals surface area contributed by atoms with Gasteiger partial charge in [0.15, 0.2) is 0 Å². The lowest BCUT2D eigenvalue weighted by Crippen LogP contribution is -2.46. The number of halogens is 1. The normalized spacial score (nSPS) is 18.8. The summed E-state index contributed by atoms with van der Waals surface area (Å²) in [5, 5.41) is 11.6. The molecule has 24 heavy (non-hydrogen) atoms. The van der Waals surface area contributed by atoms with Crippen molar-refractivity contribution in [1.29, 1.82) is 0 Å². The largest absolute Gasteiger partial charge is 0.480 e.